The van der Waals surface area contributed by atoms with Gasteiger partial charge < -0.3 is 10.6 Å². The van der Waals surface area contributed by atoms with Crippen molar-refractivity contribution in [2.45, 2.75) is 12.5 Å². The average Bonchev–Trinajstić information content (AvgIpc) is 2.16. The molecule has 4 nitrogen and oxygen atoms in total. The Balaban J connectivity index is 2.64. The summed E-state index contributed by atoms with van der Waals surface area (Å²) in [5.41, 5.74) is 6.06. The Morgan fingerprint density at radius 1 is 1.57 bits per heavy atom. The lowest BCUT2D eigenvalue weighted by Crippen LogP contribution is -2.35. The second-order valence-corrected chi connectivity index (χ2v) is 2.88. The summed E-state index contributed by atoms with van der Waals surface area (Å²) in [5, 5.41) is 0. The van der Waals surface area contributed by atoms with Gasteiger partial charge in [0.1, 0.15) is 11.9 Å². The molecule has 0 amide bonds. The first-order chi connectivity index (χ1) is 6.63. The van der Waals surface area contributed by atoms with E-state index in [1.807, 2.05) is 0 Å². The lowest BCUT2D eigenvalue weighted by atomic mass is 10.1. The number of hydrogen-bond acceptors (Lipinski definition) is 4. The topological polar surface area (TPSA) is 78.3 Å². The Kier molecular flexibility index (Phi) is 3.55. The SMILES string of the molecule is NOC(=O)[C@@H](N)Cc1cccc(F)c1. The summed E-state index contributed by atoms with van der Waals surface area (Å²) >= 11 is 0. The van der Waals surface area contributed by atoms with Crippen molar-refractivity contribution in [3.05, 3.63) is 35.6 Å². The zero-order valence-electron chi connectivity index (χ0n) is 7.44. The van der Waals surface area contributed by atoms with E-state index in [1.165, 1.54) is 12.1 Å². The minimum Gasteiger partial charge on any atom is -0.372 e. The van der Waals surface area contributed by atoms with Crippen LogP contribution < -0.4 is 11.6 Å². The van der Waals surface area contributed by atoms with E-state index in [-0.39, 0.29) is 12.2 Å². The number of benzene rings is 1. The standard InChI is InChI=1S/C9H11FN2O2/c10-7-3-1-2-6(4-7)5-8(11)9(13)14-12/h1-4,8H,5,11-12H2/t8-/m0/s1. The van der Waals surface area contributed by atoms with Gasteiger partial charge >= 0.3 is 5.97 Å². The first kappa shape index (κ1) is 10.6. The lowest BCUT2D eigenvalue weighted by Gasteiger charge is -2.07. The maximum Gasteiger partial charge on any atom is 0.341 e. The van der Waals surface area contributed by atoms with Crippen LogP contribution in [0.3, 0.4) is 0 Å². The van der Waals surface area contributed by atoms with E-state index >= 15 is 0 Å². The van der Waals surface area contributed by atoms with Crippen molar-refractivity contribution in [1.29, 1.82) is 0 Å². The minimum absolute atomic E-state index is 0.202. The molecular weight excluding hydrogens is 187 g/mol. The molecule has 1 aromatic carbocycles. The van der Waals surface area contributed by atoms with Crippen molar-refractivity contribution in [1.82, 2.24) is 0 Å². The summed E-state index contributed by atoms with van der Waals surface area (Å²) in [6.45, 7) is 0. The number of halogens is 1. The van der Waals surface area contributed by atoms with E-state index in [0.29, 0.717) is 5.56 Å². The molecule has 0 unspecified atom stereocenters. The molecule has 0 aliphatic heterocycles. The van der Waals surface area contributed by atoms with Crippen LogP contribution in [0.2, 0.25) is 0 Å². The number of carbonyl (C=O) groups is 1. The number of nitrogens with two attached hydrogens (primary N) is 2. The fourth-order valence-electron chi connectivity index (χ4n) is 1.09. The van der Waals surface area contributed by atoms with E-state index in [0.717, 1.165) is 0 Å². The molecule has 0 aromatic heterocycles. The van der Waals surface area contributed by atoms with E-state index < -0.39 is 12.0 Å². The molecule has 0 saturated heterocycles. The lowest BCUT2D eigenvalue weighted by molar-refractivity contribution is -0.145. The van der Waals surface area contributed by atoms with E-state index in [4.69, 9.17) is 5.73 Å². The highest BCUT2D eigenvalue weighted by Crippen LogP contribution is 2.05. The van der Waals surface area contributed by atoms with Crippen LogP contribution in [0.15, 0.2) is 24.3 Å². The molecule has 0 heterocycles. The molecule has 1 aromatic rings. The molecule has 0 aliphatic carbocycles. The second-order valence-electron chi connectivity index (χ2n) is 2.88. The molecule has 1 rings (SSSR count). The highest BCUT2D eigenvalue weighted by atomic mass is 19.1. The fourth-order valence-corrected chi connectivity index (χ4v) is 1.09. The molecule has 76 valence electrons. The summed E-state index contributed by atoms with van der Waals surface area (Å²) in [6.07, 6.45) is 0.202. The molecule has 0 saturated carbocycles. The van der Waals surface area contributed by atoms with Crippen molar-refractivity contribution >= 4 is 5.97 Å². The smallest absolute Gasteiger partial charge is 0.341 e. The quantitative estimate of drug-likeness (QED) is 0.676. The van der Waals surface area contributed by atoms with Gasteiger partial charge in [-0.15, -0.1) is 0 Å². The average molecular weight is 198 g/mol. The van der Waals surface area contributed by atoms with E-state index in [1.54, 1.807) is 12.1 Å². The maximum atomic E-state index is 12.7. The van der Waals surface area contributed by atoms with Crippen LogP contribution in [-0.4, -0.2) is 12.0 Å². The van der Waals surface area contributed by atoms with Gasteiger partial charge in [-0.1, -0.05) is 12.1 Å². The van der Waals surface area contributed by atoms with Gasteiger partial charge in [0.05, 0.1) is 0 Å². The van der Waals surface area contributed by atoms with Gasteiger partial charge in [-0.2, -0.15) is 5.90 Å². The zero-order valence-corrected chi connectivity index (χ0v) is 7.44. The molecule has 4 N–H and O–H groups in total. The molecule has 0 radical (unpaired) electrons. The summed E-state index contributed by atoms with van der Waals surface area (Å²) in [6, 6.07) is 4.99. The summed E-state index contributed by atoms with van der Waals surface area (Å²) in [4.78, 5) is 14.8. The van der Waals surface area contributed by atoms with Gasteiger partial charge in [0, 0.05) is 0 Å². The van der Waals surface area contributed by atoms with Crippen molar-refractivity contribution in [2.75, 3.05) is 0 Å². The third kappa shape index (κ3) is 2.79. The van der Waals surface area contributed by atoms with Crippen LogP contribution in [0.1, 0.15) is 5.56 Å². The molecule has 1 atom stereocenters. The Bertz CT molecular complexity index is 330. The van der Waals surface area contributed by atoms with Crippen LogP contribution in [0.25, 0.3) is 0 Å². The normalized spacial score (nSPS) is 12.2. The van der Waals surface area contributed by atoms with Crippen LogP contribution in [0.4, 0.5) is 4.39 Å². The summed E-state index contributed by atoms with van der Waals surface area (Å²) in [7, 11) is 0. The summed E-state index contributed by atoms with van der Waals surface area (Å²) in [5.74, 6) is 3.57. The third-order valence-electron chi connectivity index (χ3n) is 1.76. The molecule has 5 heteroatoms. The van der Waals surface area contributed by atoms with Crippen LogP contribution in [0, 0.1) is 5.82 Å². The predicted octanol–water partition coefficient (Wildman–Crippen LogP) is 0.112. The highest BCUT2D eigenvalue weighted by Gasteiger charge is 2.14. The third-order valence-corrected chi connectivity index (χ3v) is 1.76. The van der Waals surface area contributed by atoms with E-state index in [2.05, 4.69) is 10.7 Å². The van der Waals surface area contributed by atoms with Crippen LogP contribution in [0.5, 0.6) is 0 Å². The molecule has 0 bridgehead atoms. The first-order valence-electron chi connectivity index (χ1n) is 4.04. The van der Waals surface area contributed by atoms with Crippen molar-refractivity contribution in [3.8, 4) is 0 Å². The maximum absolute atomic E-state index is 12.7. The van der Waals surface area contributed by atoms with Crippen LogP contribution >= 0.6 is 0 Å². The molecule has 14 heavy (non-hydrogen) atoms. The van der Waals surface area contributed by atoms with Gasteiger partial charge in [-0.25, -0.2) is 9.18 Å². The predicted molar refractivity (Wildman–Crippen MR) is 48.4 cm³/mol. The summed E-state index contributed by atoms with van der Waals surface area (Å²) < 4.78 is 12.7. The minimum atomic E-state index is -0.859. The van der Waals surface area contributed by atoms with Crippen LogP contribution in [-0.2, 0) is 16.1 Å². The molecule has 0 fully saturated rings. The van der Waals surface area contributed by atoms with Crippen molar-refractivity contribution < 1.29 is 14.0 Å². The largest absolute Gasteiger partial charge is 0.372 e. The van der Waals surface area contributed by atoms with Gasteiger partial charge in [-0.3, -0.25) is 0 Å². The number of carbonyl (C=O) groups excluding carboxylic acids is 1. The number of rotatable bonds is 3. The van der Waals surface area contributed by atoms with Crippen molar-refractivity contribution in [2.24, 2.45) is 11.6 Å². The molecular formula is C9H11FN2O2. The van der Waals surface area contributed by atoms with Gasteiger partial charge in [0.25, 0.3) is 0 Å². The first-order valence-corrected chi connectivity index (χ1v) is 4.04. The Hall–Kier alpha value is -1.46. The molecule has 0 spiro atoms. The van der Waals surface area contributed by atoms with Gasteiger partial charge in [0.15, 0.2) is 0 Å². The van der Waals surface area contributed by atoms with E-state index in [9.17, 15) is 9.18 Å². The zero-order chi connectivity index (χ0) is 10.6. The Morgan fingerprint density at radius 3 is 2.86 bits per heavy atom. The van der Waals surface area contributed by atoms with Gasteiger partial charge in [-0.05, 0) is 24.1 Å². The molecule has 0 aliphatic rings. The Labute approximate surface area is 80.6 Å². The fraction of sp³-hybridized carbons (Fsp3) is 0.222. The number of hydrogen-bond donors (Lipinski definition) is 2. The highest BCUT2D eigenvalue weighted by molar-refractivity contribution is 5.75. The van der Waals surface area contributed by atoms with Gasteiger partial charge in [0.2, 0.25) is 0 Å². The van der Waals surface area contributed by atoms with Crippen molar-refractivity contribution in [3.63, 3.8) is 0 Å². The Morgan fingerprint density at radius 2 is 2.29 bits per heavy atom. The second kappa shape index (κ2) is 4.69. The monoisotopic (exact) mass is 198 g/mol.